The zero-order valence-corrected chi connectivity index (χ0v) is 22.6. The molecule has 0 aliphatic carbocycles. The number of aryl methyl sites for hydroxylation is 1. The number of amides is 2. The molecule has 0 aliphatic heterocycles. The standard InChI is InChI=1S/C25H31BrCl2N2O3/c1-5-16(4)29-25(32)22(7-3)30(14-18-9-10-19(27)13-21(18)28)24(31)15-33-23-11-8-17(6-2)12-20(23)26/h8-13,16,22H,5-7,14-15H2,1-4H3,(H,29,32). The van der Waals surface area contributed by atoms with Crippen molar-refractivity contribution in [3.63, 3.8) is 0 Å². The molecule has 5 nitrogen and oxygen atoms in total. The number of benzene rings is 2. The second kappa shape index (κ2) is 13.2. The summed E-state index contributed by atoms with van der Waals surface area (Å²) in [6.45, 7) is 7.85. The Morgan fingerprint density at radius 3 is 2.39 bits per heavy atom. The van der Waals surface area contributed by atoms with Crippen LogP contribution >= 0.6 is 39.1 Å². The number of carbonyl (C=O) groups excluding carboxylic acids is 2. The second-order valence-corrected chi connectivity index (χ2v) is 9.60. The van der Waals surface area contributed by atoms with Crippen LogP contribution in [0.4, 0.5) is 0 Å². The van der Waals surface area contributed by atoms with E-state index in [-0.39, 0.29) is 31.0 Å². The molecule has 0 saturated heterocycles. The van der Waals surface area contributed by atoms with Crippen LogP contribution in [0.5, 0.6) is 5.75 Å². The van der Waals surface area contributed by atoms with E-state index in [4.69, 9.17) is 27.9 Å². The monoisotopic (exact) mass is 556 g/mol. The van der Waals surface area contributed by atoms with Crippen molar-refractivity contribution >= 4 is 50.9 Å². The first-order chi connectivity index (χ1) is 15.7. The average molecular weight is 558 g/mol. The summed E-state index contributed by atoms with van der Waals surface area (Å²) < 4.78 is 6.60. The van der Waals surface area contributed by atoms with Crippen LogP contribution in [0.15, 0.2) is 40.9 Å². The van der Waals surface area contributed by atoms with E-state index in [1.54, 1.807) is 18.2 Å². The van der Waals surface area contributed by atoms with Crippen molar-refractivity contribution in [2.45, 2.75) is 65.6 Å². The summed E-state index contributed by atoms with van der Waals surface area (Å²) >= 11 is 15.9. The Morgan fingerprint density at radius 2 is 1.82 bits per heavy atom. The quantitative estimate of drug-likeness (QED) is 0.347. The van der Waals surface area contributed by atoms with E-state index in [1.807, 2.05) is 39.0 Å². The summed E-state index contributed by atoms with van der Waals surface area (Å²) in [6.07, 6.45) is 2.15. The molecular formula is C25H31BrCl2N2O3. The average Bonchev–Trinajstić information content (AvgIpc) is 2.79. The van der Waals surface area contributed by atoms with Crippen molar-refractivity contribution in [3.8, 4) is 5.75 Å². The third kappa shape index (κ3) is 7.90. The van der Waals surface area contributed by atoms with Gasteiger partial charge >= 0.3 is 0 Å². The summed E-state index contributed by atoms with van der Waals surface area (Å²) in [5, 5.41) is 3.93. The van der Waals surface area contributed by atoms with Gasteiger partial charge in [-0.05, 0) is 77.5 Å². The van der Waals surface area contributed by atoms with Crippen LogP contribution in [0.3, 0.4) is 0 Å². The zero-order valence-electron chi connectivity index (χ0n) is 19.5. The molecule has 1 N–H and O–H groups in total. The predicted octanol–water partition coefficient (Wildman–Crippen LogP) is 6.42. The minimum Gasteiger partial charge on any atom is -0.483 e. The minimum atomic E-state index is -0.659. The molecule has 2 unspecified atom stereocenters. The van der Waals surface area contributed by atoms with Gasteiger partial charge in [-0.1, -0.05) is 56.1 Å². The summed E-state index contributed by atoms with van der Waals surface area (Å²) in [7, 11) is 0. The maximum atomic E-state index is 13.3. The summed E-state index contributed by atoms with van der Waals surface area (Å²) in [5.74, 6) is 0.0690. The summed E-state index contributed by atoms with van der Waals surface area (Å²) in [6, 6.07) is 10.2. The van der Waals surface area contributed by atoms with Crippen molar-refractivity contribution in [2.75, 3.05) is 6.61 Å². The molecule has 0 aromatic heterocycles. The van der Waals surface area contributed by atoms with Gasteiger partial charge in [0.1, 0.15) is 11.8 Å². The summed E-state index contributed by atoms with van der Waals surface area (Å²) in [4.78, 5) is 27.9. The molecule has 0 aliphatic rings. The van der Waals surface area contributed by atoms with E-state index < -0.39 is 6.04 Å². The lowest BCUT2D eigenvalue weighted by Crippen LogP contribution is -2.51. The Morgan fingerprint density at radius 1 is 1.09 bits per heavy atom. The fourth-order valence-electron chi connectivity index (χ4n) is 3.30. The van der Waals surface area contributed by atoms with E-state index in [0.717, 1.165) is 22.9 Å². The predicted molar refractivity (Wildman–Crippen MR) is 138 cm³/mol. The molecule has 33 heavy (non-hydrogen) atoms. The summed E-state index contributed by atoms with van der Waals surface area (Å²) in [5.41, 5.74) is 1.87. The molecule has 0 heterocycles. The number of hydrogen-bond acceptors (Lipinski definition) is 3. The normalized spacial score (nSPS) is 12.7. The third-order valence-corrected chi connectivity index (χ3v) is 6.71. The lowest BCUT2D eigenvalue weighted by atomic mass is 10.1. The maximum Gasteiger partial charge on any atom is 0.261 e. The molecule has 2 amide bonds. The lowest BCUT2D eigenvalue weighted by Gasteiger charge is -2.31. The molecule has 2 aromatic rings. The first-order valence-corrected chi connectivity index (χ1v) is 12.7. The van der Waals surface area contributed by atoms with Gasteiger partial charge in [0.15, 0.2) is 6.61 Å². The highest BCUT2D eigenvalue weighted by atomic mass is 79.9. The number of ether oxygens (including phenoxy) is 1. The van der Waals surface area contributed by atoms with Crippen molar-refractivity contribution in [1.82, 2.24) is 10.2 Å². The number of hydrogen-bond donors (Lipinski definition) is 1. The van der Waals surface area contributed by atoms with Gasteiger partial charge < -0.3 is 15.0 Å². The molecule has 8 heteroatoms. The number of rotatable bonds is 11. The van der Waals surface area contributed by atoms with Crippen molar-refractivity contribution < 1.29 is 14.3 Å². The molecule has 0 radical (unpaired) electrons. The Balaban J connectivity index is 2.27. The van der Waals surface area contributed by atoms with Gasteiger partial charge in [0.05, 0.1) is 4.47 Å². The first-order valence-electron chi connectivity index (χ1n) is 11.1. The van der Waals surface area contributed by atoms with Crippen LogP contribution in [0.25, 0.3) is 0 Å². The Labute approximate surface area is 214 Å². The zero-order chi connectivity index (χ0) is 24.5. The highest BCUT2D eigenvalue weighted by Gasteiger charge is 2.30. The van der Waals surface area contributed by atoms with Crippen LogP contribution in [0.2, 0.25) is 10.0 Å². The van der Waals surface area contributed by atoms with Gasteiger partial charge in [-0.25, -0.2) is 0 Å². The lowest BCUT2D eigenvalue weighted by molar-refractivity contribution is -0.143. The Bertz CT molecular complexity index is 971. The molecule has 0 spiro atoms. The van der Waals surface area contributed by atoms with Crippen molar-refractivity contribution in [2.24, 2.45) is 0 Å². The Hall–Kier alpha value is -1.76. The van der Waals surface area contributed by atoms with Crippen molar-refractivity contribution in [3.05, 3.63) is 62.0 Å². The number of nitrogens with one attached hydrogen (secondary N) is 1. The highest BCUT2D eigenvalue weighted by Crippen LogP contribution is 2.27. The Kier molecular flexibility index (Phi) is 11.0. The number of nitrogens with zero attached hydrogens (tertiary/aromatic N) is 1. The maximum absolute atomic E-state index is 13.3. The second-order valence-electron chi connectivity index (χ2n) is 7.91. The minimum absolute atomic E-state index is 0.00640. The van der Waals surface area contributed by atoms with Gasteiger partial charge in [-0.3, -0.25) is 9.59 Å². The van der Waals surface area contributed by atoms with Gasteiger partial charge in [-0.15, -0.1) is 0 Å². The van der Waals surface area contributed by atoms with E-state index in [1.165, 1.54) is 4.90 Å². The van der Waals surface area contributed by atoms with Crippen molar-refractivity contribution in [1.29, 1.82) is 0 Å². The van der Waals surface area contributed by atoms with Gasteiger partial charge in [0, 0.05) is 22.6 Å². The van der Waals surface area contributed by atoms with Gasteiger partial charge in [0.2, 0.25) is 5.91 Å². The van der Waals surface area contributed by atoms with Crippen LogP contribution in [-0.2, 0) is 22.6 Å². The SMILES string of the molecule is CCc1ccc(OCC(=O)N(Cc2ccc(Cl)cc2Cl)C(CC)C(=O)NC(C)CC)c(Br)c1. The number of halogens is 3. The fourth-order valence-corrected chi connectivity index (χ4v) is 4.31. The molecule has 2 rings (SSSR count). The molecule has 2 aromatic carbocycles. The van der Waals surface area contributed by atoms with Crippen LogP contribution < -0.4 is 10.1 Å². The van der Waals surface area contributed by atoms with E-state index in [0.29, 0.717) is 27.8 Å². The third-order valence-electron chi connectivity index (χ3n) is 5.50. The van der Waals surface area contributed by atoms with Gasteiger partial charge in [0.25, 0.3) is 5.91 Å². The molecule has 0 saturated carbocycles. The van der Waals surface area contributed by atoms with Crippen LogP contribution in [0, 0.1) is 0 Å². The number of carbonyl (C=O) groups is 2. The van der Waals surface area contributed by atoms with Crippen LogP contribution in [-0.4, -0.2) is 35.4 Å². The molecule has 0 fully saturated rings. The molecule has 0 bridgehead atoms. The molecular weight excluding hydrogens is 527 g/mol. The van der Waals surface area contributed by atoms with E-state index in [9.17, 15) is 9.59 Å². The van der Waals surface area contributed by atoms with E-state index >= 15 is 0 Å². The van der Waals surface area contributed by atoms with Crippen LogP contribution in [0.1, 0.15) is 51.7 Å². The smallest absolute Gasteiger partial charge is 0.261 e. The van der Waals surface area contributed by atoms with Gasteiger partial charge in [-0.2, -0.15) is 0 Å². The fraction of sp³-hybridized carbons (Fsp3) is 0.440. The molecule has 180 valence electrons. The first kappa shape index (κ1) is 27.5. The topological polar surface area (TPSA) is 58.6 Å². The molecule has 2 atom stereocenters. The largest absolute Gasteiger partial charge is 0.483 e. The highest BCUT2D eigenvalue weighted by molar-refractivity contribution is 9.10. The van der Waals surface area contributed by atoms with E-state index in [2.05, 4.69) is 28.2 Å².